The molecule has 1 aliphatic carbocycles. The van der Waals surface area contributed by atoms with Gasteiger partial charge in [-0.05, 0) is 43.0 Å². The fraction of sp³-hybridized carbons (Fsp3) is 0.300. The summed E-state index contributed by atoms with van der Waals surface area (Å²) in [6, 6.07) is 17.1. The number of hydrogen-bond donors (Lipinski definition) is 2. The van der Waals surface area contributed by atoms with Crippen LogP contribution in [0.15, 0.2) is 54.6 Å². The zero-order valence-electron chi connectivity index (χ0n) is 13.8. The van der Waals surface area contributed by atoms with Crippen molar-refractivity contribution in [3.8, 4) is 0 Å². The van der Waals surface area contributed by atoms with Crippen molar-refractivity contribution in [2.24, 2.45) is 0 Å². The molecule has 4 nitrogen and oxygen atoms in total. The molecule has 0 spiro atoms. The Kier molecular flexibility index (Phi) is 4.94. The number of carbonyl (C=O) groups is 2. The van der Waals surface area contributed by atoms with E-state index in [4.69, 9.17) is 0 Å². The summed E-state index contributed by atoms with van der Waals surface area (Å²) < 4.78 is 0. The van der Waals surface area contributed by atoms with Gasteiger partial charge in [-0.25, -0.2) is 0 Å². The topological polar surface area (TPSA) is 58.2 Å². The van der Waals surface area contributed by atoms with Crippen LogP contribution in [0.25, 0.3) is 0 Å². The fourth-order valence-electron chi connectivity index (χ4n) is 3.19. The van der Waals surface area contributed by atoms with E-state index >= 15 is 0 Å². The van der Waals surface area contributed by atoms with Gasteiger partial charge in [0.15, 0.2) is 0 Å². The Balaban J connectivity index is 1.51. The SMILES string of the molecule is CC(CC(=O)NC1CCc2ccccc21)NC(=O)c1ccccc1. The van der Waals surface area contributed by atoms with Crippen LogP contribution in [-0.2, 0) is 11.2 Å². The molecule has 2 aromatic carbocycles. The van der Waals surface area contributed by atoms with Gasteiger partial charge in [-0.15, -0.1) is 0 Å². The number of fused-ring (bicyclic) bond motifs is 1. The molecule has 0 aliphatic heterocycles. The lowest BCUT2D eigenvalue weighted by Gasteiger charge is -2.17. The molecule has 4 heteroatoms. The third kappa shape index (κ3) is 3.82. The van der Waals surface area contributed by atoms with Crippen LogP contribution < -0.4 is 10.6 Å². The van der Waals surface area contributed by atoms with E-state index in [1.807, 2.05) is 37.3 Å². The maximum atomic E-state index is 12.3. The summed E-state index contributed by atoms with van der Waals surface area (Å²) >= 11 is 0. The summed E-state index contributed by atoms with van der Waals surface area (Å²) in [4.78, 5) is 24.4. The predicted octanol–water partition coefficient (Wildman–Crippen LogP) is 3.00. The lowest BCUT2D eigenvalue weighted by atomic mass is 10.1. The molecule has 2 aromatic rings. The molecule has 0 aromatic heterocycles. The van der Waals surface area contributed by atoms with E-state index in [2.05, 4.69) is 22.8 Å². The van der Waals surface area contributed by atoms with Crippen molar-refractivity contribution in [1.29, 1.82) is 0 Å². The average molecular weight is 322 g/mol. The maximum Gasteiger partial charge on any atom is 0.251 e. The van der Waals surface area contributed by atoms with Crippen molar-refractivity contribution in [2.45, 2.75) is 38.3 Å². The van der Waals surface area contributed by atoms with Crippen LogP contribution in [0.5, 0.6) is 0 Å². The maximum absolute atomic E-state index is 12.3. The third-order valence-electron chi connectivity index (χ3n) is 4.37. The van der Waals surface area contributed by atoms with Crippen LogP contribution in [0.1, 0.15) is 47.3 Å². The van der Waals surface area contributed by atoms with Crippen LogP contribution >= 0.6 is 0 Å². The lowest BCUT2D eigenvalue weighted by Crippen LogP contribution is -2.38. The van der Waals surface area contributed by atoms with E-state index in [1.54, 1.807) is 12.1 Å². The van der Waals surface area contributed by atoms with Gasteiger partial charge in [0.25, 0.3) is 5.91 Å². The molecule has 0 saturated carbocycles. The van der Waals surface area contributed by atoms with E-state index in [0.29, 0.717) is 5.56 Å². The van der Waals surface area contributed by atoms with Crippen LogP contribution in [0.3, 0.4) is 0 Å². The second kappa shape index (κ2) is 7.30. The van der Waals surface area contributed by atoms with Crippen molar-refractivity contribution in [2.75, 3.05) is 0 Å². The molecule has 2 amide bonds. The molecular formula is C20H22N2O2. The van der Waals surface area contributed by atoms with Gasteiger partial charge < -0.3 is 10.6 Å². The van der Waals surface area contributed by atoms with Crippen LogP contribution in [0, 0.1) is 0 Å². The van der Waals surface area contributed by atoms with Crippen LogP contribution in [0.4, 0.5) is 0 Å². The molecular weight excluding hydrogens is 300 g/mol. The van der Waals surface area contributed by atoms with E-state index in [0.717, 1.165) is 12.8 Å². The molecule has 3 rings (SSSR count). The minimum Gasteiger partial charge on any atom is -0.349 e. The van der Waals surface area contributed by atoms with Gasteiger partial charge in [0, 0.05) is 18.0 Å². The van der Waals surface area contributed by atoms with E-state index in [1.165, 1.54) is 11.1 Å². The highest BCUT2D eigenvalue weighted by Crippen LogP contribution is 2.30. The van der Waals surface area contributed by atoms with Crippen LogP contribution in [0.2, 0.25) is 0 Å². The first kappa shape index (κ1) is 16.2. The highest BCUT2D eigenvalue weighted by atomic mass is 16.2. The van der Waals surface area contributed by atoms with Gasteiger partial charge in [-0.3, -0.25) is 9.59 Å². The third-order valence-corrected chi connectivity index (χ3v) is 4.37. The Morgan fingerprint density at radius 2 is 1.79 bits per heavy atom. The molecule has 0 bridgehead atoms. The van der Waals surface area contributed by atoms with Crippen LogP contribution in [-0.4, -0.2) is 17.9 Å². The van der Waals surface area contributed by atoms with E-state index in [9.17, 15) is 9.59 Å². The number of hydrogen-bond acceptors (Lipinski definition) is 2. The Morgan fingerprint density at radius 1 is 1.08 bits per heavy atom. The molecule has 0 radical (unpaired) electrons. The van der Waals surface area contributed by atoms with Gasteiger partial charge in [-0.2, -0.15) is 0 Å². The largest absolute Gasteiger partial charge is 0.349 e. The van der Waals surface area contributed by atoms with Gasteiger partial charge in [0.1, 0.15) is 0 Å². The zero-order chi connectivity index (χ0) is 16.9. The smallest absolute Gasteiger partial charge is 0.251 e. The summed E-state index contributed by atoms with van der Waals surface area (Å²) in [6.45, 7) is 1.85. The zero-order valence-corrected chi connectivity index (χ0v) is 13.8. The Bertz CT molecular complexity index is 727. The molecule has 0 heterocycles. The first-order chi connectivity index (χ1) is 11.6. The van der Waals surface area contributed by atoms with E-state index < -0.39 is 0 Å². The van der Waals surface area contributed by atoms with Crippen molar-refractivity contribution in [3.05, 3.63) is 71.3 Å². The molecule has 24 heavy (non-hydrogen) atoms. The van der Waals surface area contributed by atoms with Gasteiger partial charge in [0.2, 0.25) is 5.91 Å². The van der Waals surface area contributed by atoms with Gasteiger partial charge >= 0.3 is 0 Å². The predicted molar refractivity (Wildman–Crippen MR) is 93.6 cm³/mol. The lowest BCUT2D eigenvalue weighted by molar-refractivity contribution is -0.122. The summed E-state index contributed by atoms with van der Waals surface area (Å²) in [5, 5.41) is 5.96. The van der Waals surface area contributed by atoms with Crippen molar-refractivity contribution in [1.82, 2.24) is 10.6 Å². The normalized spacial score (nSPS) is 17.0. The first-order valence-corrected chi connectivity index (χ1v) is 8.36. The Labute approximate surface area is 142 Å². The Morgan fingerprint density at radius 3 is 2.58 bits per heavy atom. The van der Waals surface area contributed by atoms with Gasteiger partial charge in [-0.1, -0.05) is 42.5 Å². The second-order valence-electron chi connectivity index (χ2n) is 6.30. The monoisotopic (exact) mass is 322 g/mol. The highest BCUT2D eigenvalue weighted by Gasteiger charge is 2.24. The molecule has 2 N–H and O–H groups in total. The molecule has 124 valence electrons. The number of benzene rings is 2. The quantitative estimate of drug-likeness (QED) is 0.889. The molecule has 0 fully saturated rings. The van der Waals surface area contributed by atoms with Crippen molar-refractivity contribution < 1.29 is 9.59 Å². The van der Waals surface area contributed by atoms with Crippen molar-refractivity contribution in [3.63, 3.8) is 0 Å². The summed E-state index contributed by atoms with van der Waals surface area (Å²) in [5.41, 5.74) is 3.13. The number of carbonyl (C=O) groups excluding carboxylic acids is 2. The minimum atomic E-state index is -0.214. The Hall–Kier alpha value is -2.62. The number of aryl methyl sites for hydroxylation is 1. The molecule has 0 saturated heterocycles. The first-order valence-electron chi connectivity index (χ1n) is 8.36. The van der Waals surface area contributed by atoms with Gasteiger partial charge in [0.05, 0.1) is 6.04 Å². The standard InChI is InChI=1S/C20H22N2O2/c1-14(21-20(24)16-8-3-2-4-9-16)13-19(23)22-18-12-11-15-7-5-6-10-17(15)18/h2-10,14,18H,11-13H2,1H3,(H,21,24)(H,22,23). The minimum absolute atomic E-state index is 0.0300. The fourth-order valence-corrected chi connectivity index (χ4v) is 3.19. The number of rotatable bonds is 5. The summed E-state index contributed by atoms with van der Waals surface area (Å²) in [7, 11) is 0. The molecule has 1 aliphatic rings. The van der Waals surface area contributed by atoms with E-state index in [-0.39, 0.29) is 30.3 Å². The molecule has 2 atom stereocenters. The number of amides is 2. The highest BCUT2D eigenvalue weighted by molar-refractivity contribution is 5.94. The van der Waals surface area contributed by atoms with Crippen molar-refractivity contribution >= 4 is 11.8 Å². The second-order valence-corrected chi connectivity index (χ2v) is 6.30. The summed E-state index contributed by atoms with van der Waals surface area (Å²) in [5.74, 6) is -0.181. The molecule has 2 unspecified atom stereocenters. The summed E-state index contributed by atoms with van der Waals surface area (Å²) in [6.07, 6.45) is 2.22. The average Bonchev–Trinajstić information content (AvgIpc) is 2.98. The number of nitrogens with one attached hydrogen (secondary N) is 2.